The zero-order chi connectivity index (χ0) is 12.1. The molecule has 2 rings (SSSR count). The molecule has 17 heavy (non-hydrogen) atoms. The Labute approximate surface area is 106 Å². The number of hydrogen-bond acceptors (Lipinski definition) is 2. The molecule has 0 bridgehead atoms. The molecule has 1 aliphatic heterocycles. The van der Waals surface area contributed by atoms with Crippen molar-refractivity contribution in [3.8, 4) is 5.75 Å². The molecule has 0 unspecified atom stereocenters. The van der Waals surface area contributed by atoms with Crippen molar-refractivity contribution in [2.24, 2.45) is 0 Å². The summed E-state index contributed by atoms with van der Waals surface area (Å²) in [5.74, 6) is 0.666. The fraction of sp³-hybridized carbons (Fsp3) is 0.417. The molecule has 1 aromatic rings. The number of amides is 1. The summed E-state index contributed by atoms with van der Waals surface area (Å²) in [6.07, 6.45) is 0. The topological polar surface area (TPSA) is 43.6 Å². The third kappa shape index (κ3) is 3.61. The molecular formula is C12H14ClN2O2. The minimum atomic E-state index is 0.00912. The van der Waals surface area contributed by atoms with Crippen LogP contribution in [0.25, 0.3) is 0 Å². The fourth-order valence-electron chi connectivity index (χ4n) is 1.62. The first-order valence-corrected chi connectivity index (χ1v) is 5.93. The first-order valence-electron chi connectivity index (χ1n) is 5.55. The van der Waals surface area contributed by atoms with E-state index in [2.05, 4.69) is 5.32 Å². The molecule has 91 valence electrons. The van der Waals surface area contributed by atoms with E-state index in [1.54, 1.807) is 29.2 Å². The van der Waals surface area contributed by atoms with Crippen LogP contribution in [0.15, 0.2) is 24.3 Å². The number of carbonyl (C=O) groups is 1. The highest BCUT2D eigenvalue weighted by Gasteiger charge is 2.16. The smallest absolute Gasteiger partial charge is 0.260 e. The van der Waals surface area contributed by atoms with Gasteiger partial charge in [-0.3, -0.25) is 4.79 Å². The van der Waals surface area contributed by atoms with Gasteiger partial charge in [-0.15, -0.1) is 0 Å². The maximum absolute atomic E-state index is 11.8. The van der Waals surface area contributed by atoms with E-state index in [0.29, 0.717) is 23.9 Å². The predicted molar refractivity (Wildman–Crippen MR) is 65.4 cm³/mol. The number of hydrogen-bond donors (Lipinski definition) is 0. The molecule has 4 nitrogen and oxygen atoms in total. The molecule has 0 aromatic heterocycles. The molecular weight excluding hydrogens is 240 g/mol. The van der Waals surface area contributed by atoms with Crippen LogP contribution in [-0.2, 0) is 4.79 Å². The summed E-state index contributed by atoms with van der Waals surface area (Å²) >= 11 is 5.75. The molecule has 0 saturated carbocycles. The monoisotopic (exact) mass is 253 g/mol. The van der Waals surface area contributed by atoms with Crippen LogP contribution in [0.4, 0.5) is 0 Å². The molecule has 1 saturated heterocycles. The van der Waals surface area contributed by atoms with Gasteiger partial charge < -0.3 is 9.64 Å². The molecule has 1 radical (unpaired) electrons. The Morgan fingerprint density at radius 2 is 1.94 bits per heavy atom. The third-order valence-corrected chi connectivity index (χ3v) is 2.84. The lowest BCUT2D eigenvalue weighted by Crippen LogP contribution is -2.45. The number of benzene rings is 1. The highest BCUT2D eigenvalue weighted by molar-refractivity contribution is 6.30. The van der Waals surface area contributed by atoms with E-state index in [9.17, 15) is 4.79 Å². The van der Waals surface area contributed by atoms with Gasteiger partial charge in [0.2, 0.25) is 0 Å². The van der Waals surface area contributed by atoms with Crippen LogP contribution in [-0.4, -0.2) is 43.6 Å². The lowest BCUT2D eigenvalue weighted by molar-refractivity contribution is -0.133. The van der Waals surface area contributed by atoms with Gasteiger partial charge in [-0.25, -0.2) is 5.32 Å². The average Bonchev–Trinajstić information content (AvgIpc) is 2.39. The minimum Gasteiger partial charge on any atom is -0.484 e. The van der Waals surface area contributed by atoms with Crippen molar-refractivity contribution < 1.29 is 9.53 Å². The van der Waals surface area contributed by atoms with Gasteiger partial charge in [-0.2, -0.15) is 0 Å². The van der Waals surface area contributed by atoms with E-state index in [-0.39, 0.29) is 12.5 Å². The van der Waals surface area contributed by atoms with E-state index in [1.165, 1.54) is 0 Å². The second-order valence-electron chi connectivity index (χ2n) is 3.79. The second kappa shape index (κ2) is 5.89. The van der Waals surface area contributed by atoms with Crippen LogP contribution >= 0.6 is 11.6 Å². The fourth-order valence-corrected chi connectivity index (χ4v) is 1.75. The number of ether oxygens (including phenoxy) is 1. The lowest BCUT2D eigenvalue weighted by atomic mass is 10.3. The molecule has 1 aliphatic rings. The maximum Gasteiger partial charge on any atom is 0.260 e. The number of nitrogens with zero attached hydrogens (tertiary/aromatic N) is 2. The Kier molecular flexibility index (Phi) is 4.23. The molecule has 0 spiro atoms. The van der Waals surface area contributed by atoms with Crippen LogP contribution in [0.3, 0.4) is 0 Å². The summed E-state index contributed by atoms with van der Waals surface area (Å²) in [4.78, 5) is 13.6. The Hall–Kier alpha value is -1.26. The summed E-state index contributed by atoms with van der Waals surface area (Å²) in [5, 5.41) is 4.84. The van der Waals surface area contributed by atoms with Crippen molar-refractivity contribution in [2.75, 3.05) is 32.8 Å². The third-order valence-electron chi connectivity index (χ3n) is 2.58. The Bertz CT molecular complexity index is 375. The van der Waals surface area contributed by atoms with Crippen molar-refractivity contribution in [3.63, 3.8) is 0 Å². The number of piperazine rings is 1. The molecule has 1 heterocycles. The van der Waals surface area contributed by atoms with Gasteiger partial charge in [0.25, 0.3) is 5.91 Å². The summed E-state index contributed by atoms with van der Waals surface area (Å²) < 4.78 is 5.40. The summed E-state index contributed by atoms with van der Waals surface area (Å²) in [6, 6.07) is 6.98. The lowest BCUT2D eigenvalue weighted by Gasteiger charge is -2.26. The Balaban J connectivity index is 1.81. The number of rotatable bonds is 3. The molecule has 0 atom stereocenters. The molecule has 1 fully saturated rings. The standard InChI is InChI=1S/C12H14ClN2O2/c13-10-1-3-11(4-2-10)17-9-12(16)15-7-5-14-6-8-15/h1-4H,5-9H2. The largest absolute Gasteiger partial charge is 0.484 e. The Morgan fingerprint density at radius 1 is 1.29 bits per heavy atom. The van der Waals surface area contributed by atoms with Crippen LogP contribution in [0.2, 0.25) is 5.02 Å². The van der Waals surface area contributed by atoms with Crippen molar-refractivity contribution in [1.29, 1.82) is 0 Å². The van der Waals surface area contributed by atoms with E-state index in [1.807, 2.05) is 0 Å². The summed E-state index contributed by atoms with van der Waals surface area (Å²) in [5.41, 5.74) is 0. The van der Waals surface area contributed by atoms with Crippen molar-refractivity contribution >= 4 is 17.5 Å². The van der Waals surface area contributed by atoms with Gasteiger partial charge in [0.15, 0.2) is 6.61 Å². The zero-order valence-electron chi connectivity index (χ0n) is 9.43. The zero-order valence-corrected chi connectivity index (χ0v) is 10.2. The van der Waals surface area contributed by atoms with Gasteiger partial charge >= 0.3 is 0 Å². The predicted octanol–water partition coefficient (Wildman–Crippen LogP) is 1.17. The molecule has 5 heteroatoms. The SMILES string of the molecule is O=C(COc1ccc(Cl)cc1)N1CC[N]CC1. The number of halogens is 1. The van der Waals surface area contributed by atoms with E-state index in [0.717, 1.165) is 13.1 Å². The highest BCUT2D eigenvalue weighted by atomic mass is 35.5. The van der Waals surface area contributed by atoms with E-state index >= 15 is 0 Å². The van der Waals surface area contributed by atoms with Crippen molar-refractivity contribution in [1.82, 2.24) is 10.2 Å². The van der Waals surface area contributed by atoms with Crippen LogP contribution in [0.1, 0.15) is 0 Å². The first kappa shape index (κ1) is 12.2. The van der Waals surface area contributed by atoms with E-state index in [4.69, 9.17) is 16.3 Å². The molecule has 1 amide bonds. The minimum absolute atomic E-state index is 0.00912. The van der Waals surface area contributed by atoms with Crippen LogP contribution < -0.4 is 10.1 Å². The van der Waals surface area contributed by atoms with Gasteiger partial charge in [0.1, 0.15) is 5.75 Å². The average molecular weight is 254 g/mol. The summed E-state index contributed by atoms with van der Waals surface area (Å²) in [7, 11) is 0. The Morgan fingerprint density at radius 3 is 2.59 bits per heavy atom. The number of carbonyl (C=O) groups excluding carboxylic acids is 1. The van der Waals surface area contributed by atoms with Crippen LogP contribution in [0, 0.1) is 0 Å². The molecule has 0 aliphatic carbocycles. The van der Waals surface area contributed by atoms with Gasteiger partial charge in [-0.1, -0.05) is 11.6 Å². The van der Waals surface area contributed by atoms with Crippen molar-refractivity contribution in [2.45, 2.75) is 0 Å². The van der Waals surface area contributed by atoms with Crippen molar-refractivity contribution in [3.05, 3.63) is 29.3 Å². The van der Waals surface area contributed by atoms with Gasteiger partial charge in [0.05, 0.1) is 0 Å². The molecule has 1 aromatic carbocycles. The molecule has 0 N–H and O–H groups in total. The van der Waals surface area contributed by atoms with E-state index < -0.39 is 0 Å². The first-order chi connectivity index (χ1) is 8.25. The van der Waals surface area contributed by atoms with Crippen LogP contribution in [0.5, 0.6) is 5.75 Å². The van der Waals surface area contributed by atoms with Gasteiger partial charge in [-0.05, 0) is 24.3 Å². The maximum atomic E-state index is 11.8. The highest BCUT2D eigenvalue weighted by Crippen LogP contribution is 2.15. The van der Waals surface area contributed by atoms with Gasteiger partial charge in [0, 0.05) is 31.2 Å². The second-order valence-corrected chi connectivity index (χ2v) is 4.23. The quantitative estimate of drug-likeness (QED) is 0.812. The summed E-state index contributed by atoms with van der Waals surface area (Å²) in [6.45, 7) is 2.92. The normalized spacial score (nSPS) is 15.7.